The van der Waals surface area contributed by atoms with Crippen molar-refractivity contribution in [3.05, 3.63) is 18.5 Å². The summed E-state index contributed by atoms with van der Waals surface area (Å²) in [5.41, 5.74) is 0. The van der Waals surface area contributed by atoms with E-state index >= 15 is 0 Å². The van der Waals surface area contributed by atoms with Gasteiger partial charge in [0, 0.05) is 44.6 Å². The fraction of sp³-hybridized carbons (Fsp3) is 0.647. The standard InChI is InChI=1S/C17H25N5O3/c23-15(20-14-4-2-13(3-5-14)16(24)25)12-21-8-10-22(11-9-21)17-18-6-1-7-19-17/h1,6-7,13-14H,2-5,8-12H2,(H,20,23)(H,24,25). The number of nitrogens with zero attached hydrogens (tertiary/aromatic N) is 4. The van der Waals surface area contributed by atoms with E-state index in [1.165, 1.54) is 0 Å². The second-order valence-corrected chi connectivity index (χ2v) is 6.77. The van der Waals surface area contributed by atoms with Gasteiger partial charge in [-0.15, -0.1) is 0 Å². The number of carbonyl (C=O) groups excluding carboxylic acids is 1. The van der Waals surface area contributed by atoms with Gasteiger partial charge in [-0.25, -0.2) is 9.97 Å². The third kappa shape index (κ3) is 4.88. The number of carboxylic acid groups (broad SMARTS) is 1. The van der Waals surface area contributed by atoms with Gasteiger partial charge < -0.3 is 15.3 Å². The molecule has 1 aliphatic heterocycles. The van der Waals surface area contributed by atoms with Crippen LogP contribution < -0.4 is 10.2 Å². The smallest absolute Gasteiger partial charge is 0.306 e. The van der Waals surface area contributed by atoms with Crippen LogP contribution in [0.5, 0.6) is 0 Å². The largest absolute Gasteiger partial charge is 0.481 e. The molecule has 2 heterocycles. The predicted molar refractivity (Wildman–Crippen MR) is 92.2 cm³/mol. The Morgan fingerprint density at radius 3 is 2.32 bits per heavy atom. The number of carbonyl (C=O) groups is 2. The summed E-state index contributed by atoms with van der Waals surface area (Å²) < 4.78 is 0. The number of anilines is 1. The summed E-state index contributed by atoms with van der Waals surface area (Å²) in [6.07, 6.45) is 6.28. The second-order valence-electron chi connectivity index (χ2n) is 6.77. The number of hydrogen-bond donors (Lipinski definition) is 2. The molecule has 2 N–H and O–H groups in total. The maximum Gasteiger partial charge on any atom is 0.306 e. The van der Waals surface area contributed by atoms with Gasteiger partial charge in [0.15, 0.2) is 0 Å². The molecule has 2 fully saturated rings. The molecule has 0 atom stereocenters. The average Bonchev–Trinajstić information content (AvgIpc) is 2.63. The molecule has 3 rings (SSSR count). The lowest BCUT2D eigenvalue weighted by Gasteiger charge is -2.34. The van der Waals surface area contributed by atoms with Crippen LogP contribution >= 0.6 is 0 Å². The van der Waals surface area contributed by atoms with E-state index in [-0.39, 0.29) is 17.9 Å². The maximum atomic E-state index is 12.2. The molecule has 1 saturated heterocycles. The molecule has 25 heavy (non-hydrogen) atoms. The average molecular weight is 347 g/mol. The van der Waals surface area contributed by atoms with E-state index in [1.807, 2.05) is 0 Å². The minimum Gasteiger partial charge on any atom is -0.481 e. The molecule has 1 aliphatic carbocycles. The van der Waals surface area contributed by atoms with Crippen LogP contribution in [-0.4, -0.2) is 70.6 Å². The van der Waals surface area contributed by atoms with Crippen molar-refractivity contribution in [2.45, 2.75) is 31.7 Å². The summed E-state index contributed by atoms with van der Waals surface area (Å²) in [5.74, 6) is -0.198. The van der Waals surface area contributed by atoms with Crippen LogP contribution in [0.25, 0.3) is 0 Å². The van der Waals surface area contributed by atoms with Crippen molar-refractivity contribution in [1.29, 1.82) is 0 Å². The van der Waals surface area contributed by atoms with Gasteiger partial charge in [0.25, 0.3) is 0 Å². The molecule has 1 aromatic heterocycles. The first-order valence-electron chi connectivity index (χ1n) is 8.88. The molecule has 1 saturated carbocycles. The van der Waals surface area contributed by atoms with Crippen molar-refractivity contribution >= 4 is 17.8 Å². The van der Waals surface area contributed by atoms with E-state index in [9.17, 15) is 9.59 Å². The summed E-state index contributed by atoms with van der Waals surface area (Å²) in [4.78, 5) is 36.0. The van der Waals surface area contributed by atoms with Crippen LogP contribution in [0.4, 0.5) is 5.95 Å². The Morgan fingerprint density at radius 2 is 1.72 bits per heavy atom. The molecule has 136 valence electrons. The number of aromatic nitrogens is 2. The first-order chi connectivity index (χ1) is 12.1. The van der Waals surface area contributed by atoms with E-state index in [1.54, 1.807) is 18.5 Å². The predicted octanol–water partition coefficient (Wildman–Crippen LogP) is 0.358. The summed E-state index contributed by atoms with van der Waals surface area (Å²) >= 11 is 0. The van der Waals surface area contributed by atoms with E-state index in [0.29, 0.717) is 19.4 Å². The van der Waals surface area contributed by atoms with Crippen molar-refractivity contribution in [3.63, 3.8) is 0 Å². The van der Waals surface area contributed by atoms with E-state index in [2.05, 4.69) is 25.1 Å². The van der Waals surface area contributed by atoms with Gasteiger partial charge >= 0.3 is 5.97 Å². The highest BCUT2D eigenvalue weighted by Crippen LogP contribution is 2.24. The Hall–Kier alpha value is -2.22. The zero-order valence-corrected chi connectivity index (χ0v) is 14.3. The summed E-state index contributed by atoms with van der Waals surface area (Å²) in [5, 5.41) is 12.1. The van der Waals surface area contributed by atoms with Crippen molar-refractivity contribution in [2.75, 3.05) is 37.6 Å². The Labute approximate surface area is 147 Å². The number of aliphatic carboxylic acids is 1. The molecule has 2 aliphatic rings. The maximum absolute atomic E-state index is 12.2. The van der Waals surface area contributed by atoms with Gasteiger partial charge in [-0.05, 0) is 31.7 Å². The highest BCUT2D eigenvalue weighted by atomic mass is 16.4. The van der Waals surface area contributed by atoms with E-state index in [0.717, 1.165) is 45.0 Å². The van der Waals surface area contributed by atoms with Gasteiger partial charge in [0.1, 0.15) is 0 Å². The van der Waals surface area contributed by atoms with Crippen molar-refractivity contribution in [1.82, 2.24) is 20.2 Å². The summed E-state index contributed by atoms with van der Waals surface area (Å²) in [6, 6.07) is 1.91. The third-order valence-electron chi connectivity index (χ3n) is 5.02. The third-order valence-corrected chi connectivity index (χ3v) is 5.02. The van der Waals surface area contributed by atoms with Crippen LogP contribution in [0.1, 0.15) is 25.7 Å². The molecule has 0 bridgehead atoms. The number of rotatable bonds is 5. The van der Waals surface area contributed by atoms with Crippen LogP contribution in [0.3, 0.4) is 0 Å². The normalized spacial score (nSPS) is 24.7. The molecule has 8 nitrogen and oxygen atoms in total. The minimum atomic E-state index is -0.718. The van der Waals surface area contributed by atoms with E-state index < -0.39 is 5.97 Å². The quantitative estimate of drug-likeness (QED) is 0.793. The molecular weight excluding hydrogens is 322 g/mol. The van der Waals surface area contributed by atoms with Crippen LogP contribution in [-0.2, 0) is 9.59 Å². The van der Waals surface area contributed by atoms with Gasteiger partial charge in [0.2, 0.25) is 11.9 Å². The topological polar surface area (TPSA) is 98.7 Å². The SMILES string of the molecule is O=C(CN1CCN(c2ncccn2)CC1)NC1CCC(C(=O)O)CC1. The van der Waals surface area contributed by atoms with E-state index in [4.69, 9.17) is 5.11 Å². The highest BCUT2D eigenvalue weighted by molar-refractivity contribution is 5.78. The number of piperazine rings is 1. The van der Waals surface area contributed by atoms with Gasteiger partial charge in [-0.2, -0.15) is 0 Å². The number of hydrogen-bond acceptors (Lipinski definition) is 6. The van der Waals surface area contributed by atoms with Gasteiger partial charge in [-0.3, -0.25) is 14.5 Å². The molecule has 8 heteroatoms. The van der Waals surface area contributed by atoms with Crippen molar-refractivity contribution in [3.8, 4) is 0 Å². The van der Waals surface area contributed by atoms with Crippen LogP contribution in [0.2, 0.25) is 0 Å². The minimum absolute atomic E-state index is 0.0307. The molecule has 0 radical (unpaired) electrons. The Morgan fingerprint density at radius 1 is 1.08 bits per heavy atom. The first-order valence-corrected chi connectivity index (χ1v) is 8.88. The molecule has 1 aromatic rings. The molecule has 0 spiro atoms. The molecule has 0 unspecified atom stereocenters. The number of amides is 1. The highest BCUT2D eigenvalue weighted by Gasteiger charge is 2.27. The van der Waals surface area contributed by atoms with Crippen molar-refractivity contribution < 1.29 is 14.7 Å². The fourth-order valence-electron chi connectivity index (χ4n) is 3.52. The lowest BCUT2D eigenvalue weighted by atomic mass is 9.86. The fourth-order valence-corrected chi connectivity index (χ4v) is 3.52. The van der Waals surface area contributed by atoms with Gasteiger partial charge in [0.05, 0.1) is 12.5 Å². The van der Waals surface area contributed by atoms with Crippen molar-refractivity contribution in [2.24, 2.45) is 5.92 Å². The zero-order chi connectivity index (χ0) is 17.6. The zero-order valence-electron chi connectivity index (χ0n) is 14.3. The monoisotopic (exact) mass is 347 g/mol. The Bertz CT molecular complexity index is 581. The van der Waals surface area contributed by atoms with Crippen LogP contribution in [0, 0.1) is 5.92 Å². The lowest BCUT2D eigenvalue weighted by Crippen LogP contribution is -2.51. The molecule has 0 aromatic carbocycles. The Kier molecular flexibility index (Phi) is 5.80. The second kappa shape index (κ2) is 8.24. The number of carboxylic acids is 1. The number of nitrogens with one attached hydrogen (secondary N) is 1. The Balaban J connectivity index is 1.38. The lowest BCUT2D eigenvalue weighted by molar-refractivity contribution is -0.142. The van der Waals surface area contributed by atoms with Gasteiger partial charge in [-0.1, -0.05) is 0 Å². The molecule has 1 amide bonds. The molecular formula is C17H25N5O3. The summed E-state index contributed by atoms with van der Waals surface area (Å²) in [6.45, 7) is 3.61. The summed E-state index contributed by atoms with van der Waals surface area (Å²) in [7, 11) is 0. The first kappa shape index (κ1) is 17.6. The van der Waals surface area contributed by atoms with Crippen LogP contribution in [0.15, 0.2) is 18.5 Å².